The largest absolute Gasteiger partial charge is 0.367 e. The van der Waals surface area contributed by atoms with Crippen LogP contribution in [-0.2, 0) is 4.74 Å². The van der Waals surface area contributed by atoms with Gasteiger partial charge in [0.2, 0.25) is 0 Å². The first-order chi connectivity index (χ1) is 11.4. The van der Waals surface area contributed by atoms with Gasteiger partial charge in [-0.1, -0.05) is 0 Å². The van der Waals surface area contributed by atoms with E-state index in [4.69, 9.17) is 4.74 Å². The third-order valence-corrected chi connectivity index (χ3v) is 5.90. The molecule has 2 aromatic heterocycles. The van der Waals surface area contributed by atoms with Gasteiger partial charge in [0, 0.05) is 48.8 Å². The highest BCUT2D eigenvalue weighted by Crippen LogP contribution is 2.27. The Balaban J connectivity index is 1.50. The van der Waals surface area contributed by atoms with Crippen LogP contribution in [0.5, 0.6) is 0 Å². The summed E-state index contributed by atoms with van der Waals surface area (Å²) in [7, 11) is 0. The van der Waals surface area contributed by atoms with E-state index >= 15 is 0 Å². The molecule has 0 spiro atoms. The molecule has 2 aliphatic rings. The predicted molar refractivity (Wildman–Crippen MR) is 94.6 cm³/mol. The number of ether oxygens (including phenoxy) is 1. The average Bonchev–Trinajstić information content (AvgIpc) is 3.18. The molecule has 0 N–H and O–H groups in total. The van der Waals surface area contributed by atoms with Crippen molar-refractivity contribution in [1.29, 1.82) is 0 Å². The number of thioether (sulfide) groups is 1. The van der Waals surface area contributed by atoms with Gasteiger partial charge in [-0.15, -0.1) is 11.3 Å². The maximum absolute atomic E-state index is 5.87. The van der Waals surface area contributed by atoms with Crippen LogP contribution in [0.1, 0.15) is 11.1 Å². The van der Waals surface area contributed by atoms with Gasteiger partial charge in [0.25, 0.3) is 0 Å². The fraction of sp³-hybridized carbons (Fsp3) is 0.533. The van der Waals surface area contributed by atoms with E-state index in [0.29, 0.717) is 6.61 Å². The zero-order chi connectivity index (χ0) is 15.5. The molecule has 0 aromatic carbocycles. The van der Waals surface area contributed by atoms with Crippen LogP contribution in [-0.4, -0.2) is 59.2 Å². The molecule has 2 saturated heterocycles. The quantitative estimate of drug-likeness (QED) is 0.841. The number of rotatable bonds is 3. The standard InChI is InChI=1S/C15H19N5OS2/c1-6-23-15(16-1)12-10-20(2-5-21-12)14-9-13(17-11-18-14)19-3-7-22-8-4-19/h1,6,9,11-12H,2-5,7-8,10H2. The molecule has 2 fully saturated rings. The summed E-state index contributed by atoms with van der Waals surface area (Å²) in [6.45, 7) is 4.47. The first kappa shape index (κ1) is 15.2. The van der Waals surface area contributed by atoms with Crippen molar-refractivity contribution in [2.75, 3.05) is 54.1 Å². The van der Waals surface area contributed by atoms with Crippen LogP contribution in [0.3, 0.4) is 0 Å². The van der Waals surface area contributed by atoms with Gasteiger partial charge in [-0.2, -0.15) is 11.8 Å². The van der Waals surface area contributed by atoms with Gasteiger partial charge < -0.3 is 14.5 Å². The summed E-state index contributed by atoms with van der Waals surface area (Å²) in [4.78, 5) is 18.0. The van der Waals surface area contributed by atoms with Gasteiger partial charge >= 0.3 is 0 Å². The maximum Gasteiger partial charge on any atom is 0.134 e. The highest BCUT2D eigenvalue weighted by molar-refractivity contribution is 7.99. The summed E-state index contributed by atoms with van der Waals surface area (Å²) in [5.74, 6) is 4.36. The van der Waals surface area contributed by atoms with Crippen molar-refractivity contribution in [3.63, 3.8) is 0 Å². The molecule has 2 aromatic rings. The Bertz CT molecular complexity index is 633. The molecule has 8 heteroatoms. The van der Waals surface area contributed by atoms with Crippen molar-refractivity contribution in [1.82, 2.24) is 15.0 Å². The monoisotopic (exact) mass is 349 g/mol. The SMILES string of the molecule is c1nc(N2CCSCC2)cc(N2CCOC(c3nccs3)C2)n1. The topological polar surface area (TPSA) is 54.4 Å². The van der Waals surface area contributed by atoms with Crippen molar-refractivity contribution in [3.05, 3.63) is 29.0 Å². The van der Waals surface area contributed by atoms with Crippen LogP contribution in [0.15, 0.2) is 24.0 Å². The molecule has 0 saturated carbocycles. The van der Waals surface area contributed by atoms with Crippen LogP contribution >= 0.6 is 23.1 Å². The molecule has 2 aliphatic heterocycles. The number of aromatic nitrogens is 3. The molecule has 4 rings (SSSR count). The summed E-state index contributed by atoms with van der Waals surface area (Å²) in [5.41, 5.74) is 0. The van der Waals surface area contributed by atoms with Gasteiger partial charge in [0.15, 0.2) is 0 Å². The first-order valence-electron chi connectivity index (χ1n) is 7.81. The highest BCUT2D eigenvalue weighted by atomic mass is 32.2. The predicted octanol–water partition coefficient (Wildman–Crippen LogP) is 2.06. The molecule has 122 valence electrons. The van der Waals surface area contributed by atoms with E-state index in [-0.39, 0.29) is 6.10 Å². The summed E-state index contributed by atoms with van der Waals surface area (Å²) >= 11 is 3.65. The fourth-order valence-electron chi connectivity index (χ4n) is 2.88. The lowest BCUT2D eigenvalue weighted by atomic mass is 10.2. The molecule has 1 atom stereocenters. The smallest absolute Gasteiger partial charge is 0.134 e. The number of nitrogens with zero attached hydrogens (tertiary/aromatic N) is 5. The Labute approximate surface area is 143 Å². The minimum atomic E-state index is 0.0357. The molecule has 1 unspecified atom stereocenters. The van der Waals surface area contributed by atoms with Crippen LogP contribution in [0.2, 0.25) is 0 Å². The second-order valence-electron chi connectivity index (χ2n) is 5.51. The lowest BCUT2D eigenvalue weighted by Gasteiger charge is -2.33. The van der Waals surface area contributed by atoms with Gasteiger partial charge in [-0.3, -0.25) is 0 Å². The highest BCUT2D eigenvalue weighted by Gasteiger charge is 2.25. The Morgan fingerprint density at radius 2 is 1.87 bits per heavy atom. The van der Waals surface area contributed by atoms with Crippen molar-refractivity contribution in [2.45, 2.75) is 6.10 Å². The van der Waals surface area contributed by atoms with E-state index in [0.717, 1.165) is 42.8 Å². The Hall–Kier alpha value is -1.38. The van der Waals surface area contributed by atoms with Crippen LogP contribution in [0.4, 0.5) is 11.6 Å². The molecule has 0 amide bonds. The van der Waals surface area contributed by atoms with E-state index in [1.165, 1.54) is 11.5 Å². The number of thiazole rings is 1. The van der Waals surface area contributed by atoms with Crippen LogP contribution < -0.4 is 9.80 Å². The minimum Gasteiger partial charge on any atom is -0.367 e. The summed E-state index contributed by atoms with van der Waals surface area (Å²) in [6.07, 6.45) is 3.55. The minimum absolute atomic E-state index is 0.0357. The van der Waals surface area contributed by atoms with E-state index in [1.807, 2.05) is 23.3 Å². The maximum atomic E-state index is 5.87. The third-order valence-electron chi connectivity index (χ3n) is 4.09. The van der Waals surface area contributed by atoms with Crippen molar-refractivity contribution in [2.24, 2.45) is 0 Å². The normalized spacial score (nSPS) is 22.3. The molecule has 0 aliphatic carbocycles. The van der Waals surface area contributed by atoms with Gasteiger partial charge in [-0.05, 0) is 0 Å². The van der Waals surface area contributed by atoms with Gasteiger partial charge in [0.05, 0.1) is 13.2 Å². The second-order valence-corrected chi connectivity index (χ2v) is 7.66. The van der Waals surface area contributed by atoms with Gasteiger partial charge in [0.1, 0.15) is 29.1 Å². The van der Waals surface area contributed by atoms with Crippen molar-refractivity contribution < 1.29 is 4.74 Å². The molecule has 0 bridgehead atoms. The molecular formula is C15H19N5OS2. The average molecular weight is 349 g/mol. The second kappa shape index (κ2) is 7.02. The first-order valence-corrected chi connectivity index (χ1v) is 9.84. The number of hydrogen-bond acceptors (Lipinski definition) is 8. The van der Waals surface area contributed by atoms with E-state index in [1.54, 1.807) is 17.7 Å². The number of morpholine rings is 1. The lowest BCUT2D eigenvalue weighted by molar-refractivity contribution is 0.0393. The van der Waals surface area contributed by atoms with E-state index in [2.05, 4.69) is 30.8 Å². The third kappa shape index (κ3) is 3.44. The molecule has 6 nitrogen and oxygen atoms in total. The van der Waals surface area contributed by atoms with Crippen LogP contribution in [0.25, 0.3) is 0 Å². The number of anilines is 2. The Morgan fingerprint density at radius 1 is 1.04 bits per heavy atom. The van der Waals surface area contributed by atoms with Crippen molar-refractivity contribution >= 4 is 34.7 Å². The zero-order valence-electron chi connectivity index (χ0n) is 12.8. The van der Waals surface area contributed by atoms with E-state index in [9.17, 15) is 0 Å². The Morgan fingerprint density at radius 3 is 2.65 bits per heavy atom. The van der Waals surface area contributed by atoms with Crippen molar-refractivity contribution in [3.8, 4) is 0 Å². The molecule has 4 heterocycles. The van der Waals surface area contributed by atoms with E-state index < -0.39 is 0 Å². The summed E-state index contributed by atoms with van der Waals surface area (Å²) in [5, 5.41) is 3.03. The zero-order valence-corrected chi connectivity index (χ0v) is 14.4. The molecule has 0 radical (unpaired) electrons. The summed E-state index contributed by atoms with van der Waals surface area (Å²) in [6, 6.07) is 2.11. The molecular weight excluding hydrogens is 330 g/mol. The van der Waals surface area contributed by atoms with Crippen LogP contribution in [0, 0.1) is 0 Å². The Kier molecular flexibility index (Phi) is 4.63. The molecule has 23 heavy (non-hydrogen) atoms. The number of hydrogen-bond donors (Lipinski definition) is 0. The fourth-order valence-corrected chi connectivity index (χ4v) is 4.46. The summed E-state index contributed by atoms with van der Waals surface area (Å²) < 4.78 is 5.87. The van der Waals surface area contributed by atoms with Gasteiger partial charge in [-0.25, -0.2) is 15.0 Å². The lowest BCUT2D eigenvalue weighted by Crippen LogP contribution is -2.39.